The molecule has 0 spiro atoms. The van der Waals surface area contributed by atoms with E-state index >= 15 is 0 Å². The van der Waals surface area contributed by atoms with Crippen LogP contribution in [-0.2, 0) is 17.4 Å². The average molecular weight is 879 g/mol. The van der Waals surface area contributed by atoms with E-state index in [1.807, 2.05) is 0 Å². The minimum Gasteiger partial charge on any atom is -0.147 e. The number of allylic oxidation sites excluding steroid dienone is 2. The maximum Gasteiger partial charge on any atom is -0.147 e. The average Bonchev–Trinajstić information content (AvgIpc) is 3.93. The number of fused-ring (bicyclic) bond motifs is 2. The Balaban J connectivity index is 0.00000266. The molecule has 2 aliphatic rings. The molecule has 2 aliphatic carbocycles. The quantitative estimate of drug-likeness (QED) is 0.142. The van der Waals surface area contributed by atoms with Gasteiger partial charge in [-0.25, -0.2) is 0 Å². The van der Waals surface area contributed by atoms with E-state index in [1.165, 1.54) is 77.9 Å². The van der Waals surface area contributed by atoms with E-state index in [9.17, 15) is 0 Å². The Hall–Kier alpha value is -3.40. The summed E-state index contributed by atoms with van der Waals surface area (Å²) in [4.78, 5) is 0. The summed E-state index contributed by atoms with van der Waals surface area (Å²) in [6.45, 7) is 20.6. The van der Waals surface area contributed by atoms with Crippen LogP contribution in [0.25, 0.3) is 45.6 Å². The molecule has 290 valence electrons. The van der Waals surface area contributed by atoms with Crippen molar-refractivity contribution >= 4 is 55.0 Å². The zero-order valence-electron chi connectivity index (χ0n) is 34.5. The molecule has 8 rings (SSSR count). The first-order chi connectivity index (χ1) is 25.6. The molecular weight excluding hydrogens is 823 g/mol. The van der Waals surface area contributed by atoms with Crippen molar-refractivity contribution in [3.05, 3.63) is 165 Å². The van der Waals surface area contributed by atoms with Gasteiger partial charge in [0.1, 0.15) is 0 Å². The minimum absolute atomic E-state index is 0. The molecule has 6 heteroatoms. The van der Waals surface area contributed by atoms with Crippen molar-refractivity contribution in [2.45, 2.75) is 83.7 Å². The number of halogens is 2. The number of furan rings is 2. The molecule has 0 bridgehead atoms. The summed E-state index contributed by atoms with van der Waals surface area (Å²) in [5, 5.41) is 0. The third-order valence-corrected chi connectivity index (χ3v) is 29.8. The van der Waals surface area contributed by atoms with Gasteiger partial charge in [0.25, 0.3) is 0 Å². The van der Waals surface area contributed by atoms with E-state index in [4.69, 9.17) is 8.83 Å². The number of aryl methyl sites for hydroxylation is 2. The van der Waals surface area contributed by atoms with Gasteiger partial charge in [-0.15, -0.1) is 24.8 Å². The Morgan fingerprint density at radius 3 is 1.20 bits per heavy atom. The van der Waals surface area contributed by atoms with Gasteiger partial charge in [-0.3, -0.25) is 0 Å². The van der Waals surface area contributed by atoms with Gasteiger partial charge in [-0.2, -0.15) is 0 Å². The Morgan fingerprint density at radius 1 is 0.536 bits per heavy atom. The van der Waals surface area contributed by atoms with Gasteiger partial charge in [0.2, 0.25) is 0 Å². The molecule has 0 amide bonds. The standard InChI is InChI=1S/2C24H23O.2CH3.2ClH.H2Si.Zr/c2*1-15(2)21-13-19-12-20(23-11-10-16(3)25-23)14-22(19)24(17(21)4)18-8-6-5-7-9-18;;;;;;/h2*5-15H,1-4H3;2*1H3;2*1H;1H2;. The van der Waals surface area contributed by atoms with E-state index in [0.717, 1.165) is 23.0 Å². The first-order valence-corrected chi connectivity index (χ1v) is 33.4. The molecule has 0 aliphatic heterocycles. The zero-order chi connectivity index (χ0) is 38.3. The summed E-state index contributed by atoms with van der Waals surface area (Å²) >= 11 is -4.28. The number of hydrogen-bond donors (Lipinski definition) is 0. The van der Waals surface area contributed by atoms with Gasteiger partial charge in [-0.05, 0) is 0 Å². The van der Waals surface area contributed by atoms with E-state index in [-0.39, 0.29) is 32.1 Å². The van der Waals surface area contributed by atoms with Crippen LogP contribution in [0.3, 0.4) is 0 Å². The van der Waals surface area contributed by atoms with Crippen LogP contribution < -0.4 is 0 Å². The summed E-state index contributed by atoms with van der Waals surface area (Å²) < 4.78 is 19.2. The maximum atomic E-state index is 6.65. The number of benzene rings is 4. The molecular formula is C50H56Cl2O2SiZr. The Labute approximate surface area is 349 Å². The van der Waals surface area contributed by atoms with E-state index in [2.05, 4.69) is 181 Å². The molecule has 0 radical (unpaired) electrons. The fraction of sp³-hybridized carbons (Fsp3) is 0.280. The second-order valence-corrected chi connectivity index (χ2v) is 48.3. The van der Waals surface area contributed by atoms with E-state index in [0.29, 0.717) is 11.8 Å². The van der Waals surface area contributed by atoms with Crippen LogP contribution in [0.15, 0.2) is 106 Å². The van der Waals surface area contributed by atoms with Crippen LogP contribution >= 0.6 is 24.8 Å². The molecule has 0 fully saturated rings. The van der Waals surface area contributed by atoms with Gasteiger partial charge in [0.15, 0.2) is 0 Å². The summed E-state index contributed by atoms with van der Waals surface area (Å²) in [5.74, 6) is 4.68. The van der Waals surface area contributed by atoms with Crippen molar-refractivity contribution in [1.29, 1.82) is 0 Å². The fourth-order valence-electron chi connectivity index (χ4n) is 10.3. The monoisotopic (exact) mass is 876 g/mol. The molecule has 2 aromatic heterocycles. The molecule has 4 aromatic carbocycles. The molecule has 56 heavy (non-hydrogen) atoms. The predicted molar refractivity (Wildman–Crippen MR) is 244 cm³/mol. The van der Waals surface area contributed by atoms with E-state index in [1.54, 1.807) is 0 Å². The minimum atomic E-state index is -4.28. The third-order valence-electron chi connectivity index (χ3n) is 12.6. The van der Waals surface area contributed by atoms with Gasteiger partial charge in [0.05, 0.1) is 0 Å². The molecule has 0 N–H and O–H groups in total. The predicted octanol–water partition coefficient (Wildman–Crippen LogP) is 14.8. The Morgan fingerprint density at radius 2 is 0.893 bits per heavy atom. The second-order valence-electron chi connectivity index (χ2n) is 17.8. The summed E-state index contributed by atoms with van der Waals surface area (Å²) in [7, 11) is 0. The molecule has 2 nitrogen and oxygen atoms in total. The Kier molecular flexibility index (Phi) is 11.6. The van der Waals surface area contributed by atoms with E-state index < -0.39 is 17.4 Å². The maximum absolute atomic E-state index is 6.65. The number of rotatable bonds is 8. The molecule has 2 heterocycles. The molecule has 2 atom stereocenters. The van der Waals surface area contributed by atoms with Crippen molar-refractivity contribution in [2.24, 2.45) is 0 Å². The van der Waals surface area contributed by atoms with Crippen molar-refractivity contribution < 1.29 is 26.2 Å². The van der Waals surface area contributed by atoms with Crippen molar-refractivity contribution in [3.63, 3.8) is 0 Å². The second kappa shape index (κ2) is 15.4. The third kappa shape index (κ3) is 6.87. The van der Waals surface area contributed by atoms with Crippen LogP contribution in [0, 0.1) is 27.7 Å². The zero-order valence-corrected chi connectivity index (χ0v) is 40.0. The van der Waals surface area contributed by atoms with Crippen LogP contribution in [0.5, 0.6) is 0 Å². The van der Waals surface area contributed by atoms with Crippen LogP contribution in [-0.4, -0.2) is 6.88 Å². The molecule has 0 saturated heterocycles. The molecule has 2 unspecified atom stereocenters. The van der Waals surface area contributed by atoms with Gasteiger partial charge < -0.3 is 0 Å². The molecule has 6 aromatic rings. The summed E-state index contributed by atoms with van der Waals surface area (Å²) in [6, 6.07) is 36.0. The van der Waals surface area contributed by atoms with Crippen LogP contribution in [0.1, 0.15) is 114 Å². The normalized spacial score (nSPS) is 16.3. The largest absolute Gasteiger partial charge is 0.147 e. The van der Waals surface area contributed by atoms with Gasteiger partial charge >= 0.3 is 327 Å². The van der Waals surface area contributed by atoms with Crippen LogP contribution in [0.4, 0.5) is 0 Å². The topological polar surface area (TPSA) is 26.3 Å². The van der Waals surface area contributed by atoms with Crippen LogP contribution in [0.2, 0.25) is 9.26 Å². The first kappa shape index (κ1) is 42.2. The number of hydrogen-bond acceptors (Lipinski definition) is 2. The summed E-state index contributed by atoms with van der Waals surface area (Å²) in [5.41, 5.74) is 19.3. The SMILES string of the molecule is Cc1ccc(C2=Cc3c(cc(C(C)C)c(C)c3-c3ccccc3)[CH]2[Zr]([CH3])([CH3])(=[SiH2])[CH]2C(c3ccc(C)o3)=Cc3c2cc(C(C)C)c(C)c3-c2ccccc2)o1.Cl.Cl. The van der Waals surface area contributed by atoms with Gasteiger partial charge in [-0.1, -0.05) is 0 Å². The van der Waals surface area contributed by atoms with Gasteiger partial charge in [0, 0.05) is 0 Å². The summed E-state index contributed by atoms with van der Waals surface area (Å²) in [6.07, 6.45) is 5.04. The smallest absolute Gasteiger partial charge is 0.147 e. The van der Waals surface area contributed by atoms with Crippen molar-refractivity contribution in [1.82, 2.24) is 0 Å². The van der Waals surface area contributed by atoms with Crippen molar-refractivity contribution in [2.75, 3.05) is 0 Å². The molecule has 0 saturated carbocycles. The van der Waals surface area contributed by atoms with Crippen molar-refractivity contribution in [3.8, 4) is 22.3 Å². The Bertz CT molecular complexity index is 2410. The first-order valence-electron chi connectivity index (χ1n) is 19.7. The fourth-order valence-corrected chi connectivity index (χ4v) is 28.6.